The molecule has 2 aliphatic rings. The van der Waals surface area contributed by atoms with Gasteiger partial charge in [-0.05, 0) is 43.9 Å². The Labute approximate surface area is 150 Å². The number of carbonyl (C=O) groups excluding carboxylic acids is 3. The molecule has 5 atom stereocenters. The summed E-state index contributed by atoms with van der Waals surface area (Å²) in [6.45, 7) is 8.31. The number of nitrogens with one attached hydrogen (secondary N) is 1. The Bertz CT molecular complexity index is 520. The Morgan fingerprint density at radius 1 is 1.20 bits per heavy atom. The summed E-state index contributed by atoms with van der Waals surface area (Å²) in [5, 5.41) is 3.17. The Kier molecular flexibility index (Phi) is 6.47. The highest BCUT2D eigenvalue weighted by Crippen LogP contribution is 2.33. The molecule has 1 N–H and O–H groups in total. The van der Waals surface area contributed by atoms with E-state index in [1.807, 2.05) is 0 Å². The van der Waals surface area contributed by atoms with Crippen molar-refractivity contribution in [2.24, 2.45) is 17.8 Å². The third-order valence-corrected chi connectivity index (χ3v) is 5.88. The standard InChI is InChI=1S/C19H32N2O4/c1-11(2)14-7-6-12(3)10-15(14)20-18(23)13(4)21-16(19(24)25-5)8-9-17(21)22/h11-16H,6-10H2,1-5H3,(H,20,23)/t12-,13-,14+,15+,16-/m0/s1. The number of rotatable bonds is 5. The molecule has 1 saturated carbocycles. The van der Waals surface area contributed by atoms with Gasteiger partial charge in [0, 0.05) is 12.5 Å². The van der Waals surface area contributed by atoms with Gasteiger partial charge < -0.3 is 15.0 Å². The predicted octanol–water partition coefficient (Wildman–Crippen LogP) is 2.12. The minimum Gasteiger partial charge on any atom is -0.467 e. The summed E-state index contributed by atoms with van der Waals surface area (Å²) in [6.07, 6.45) is 3.98. The smallest absolute Gasteiger partial charge is 0.328 e. The fourth-order valence-electron chi connectivity index (χ4n) is 4.35. The molecule has 2 fully saturated rings. The van der Waals surface area contributed by atoms with Gasteiger partial charge in [0.05, 0.1) is 7.11 Å². The van der Waals surface area contributed by atoms with Crippen LogP contribution in [0.25, 0.3) is 0 Å². The lowest BCUT2D eigenvalue weighted by Crippen LogP contribution is -2.55. The van der Waals surface area contributed by atoms with Crippen LogP contribution in [0.3, 0.4) is 0 Å². The molecule has 1 heterocycles. The van der Waals surface area contributed by atoms with Gasteiger partial charge >= 0.3 is 5.97 Å². The van der Waals surface area contributed by atoms with Crippen LogP contribution in [0, 0.1) is 17.8 Å². The third kappa shape index (κ3) is 4.33. The molecule has 6 heteroatoms. The largest absolute Gasteiger partial charge is 0.467 e. The lowest BCUT2D eigenvalue weighted by atomic mass is 9.74. The van der Waals surface area contributed by atoms with E-state index in [2.05, 4.69) is 26.1 Å². The van der Waals surface area contributed by atoms with E-state index in [0.29, 0.717) is 24.2 Å². The van der Waals surface area contributed by atoms with E-state index in [-0.39, 0.29) is 24.3 Å². The quantitative estimate of drug-likeness (QED) is 0.769. The molecular weight excluding hydrogens is 320 g/mol. The summed E-state index contributed by atoms with van der Waals surface area (Å²) in [6, 6.07) is -1.18. The number of carbonyl (C=O) groups is 3. The first-order chi connectivity index (χ1) is 11.8. The first-order valence-electron chi connectivity index (χ1n) is 9.45. The maximum Gasteiger partial charge on any atom is 0.328 e. The van der Waals surface area contributed by atoms with E-state index in [1.54, 1.807) is 6.92 Å². The molecule has 0 bridgehead atoms. The van der Waals surface area contributed by atoms with E-state index in [1.165, 1.54) is 18.4 Å². The minimum absolute atomic E-state index is 0.132. The molecule has 6 nitrogen and oxygen atoms in total. The first-order valence-corrected chi connectivity index (χ1v) is 9.45. The molecule has 25 heavy (non-hydrogen) atoms. The molecule has 0 aromatic rings. The molecule has 142 valence electrons. The number of hydrogen-bond acceptors (Lipinski definition) is 4. The molecular formula is C19H32N2O4. The van der Waals surface area contributed by atoms with Crippen LogP contribution in [0.1, 0.15) is 59.8 Å². The lowest BCUT2D eigenvalue weighted by Gasteiger charge is -2.39. The summed E-state index contributed by atoms with van der Waals surface area (Å²) in [4.78, 5) is 38.3. The highest BCUT2D eigenvalue weighted by atomic mass is 16.5. The monoisotopic (exact) mass is 352 g/mol. The van der Waals surface area contributed by atoms with Crippen molar-refractivity contribution in [2.45, 2.75) is 77.9 Å². The maximum atomic E-state index is 12.8. The zero-order chi connectivity index (χ0) is 18.7. The number of hydrogen-bond donors (Lipinski definition) is 1. The Morgan fingerprint density at radius 2 is 1.88 bits per heavy atom. The molecule has 1 aliphatic heterocycles. The van der Waals surface area contributed by atoms with Crippen molar-refractivity contribution in [3.05, 3.63) is 0 Å². The SMILES string of the molecule is COC(=O)[C@@H]1CCC(=O)N1[C@@H](C)C(=O)N[C@@H]1C[C@@H](C)CC[C@@H]1C(C)C. The zero-order valence-electron chi connectivity index (χ0n) is 16.1. The van der Waals surface area contributed by atoms with Crippen LogP contribution in [0.5, 0.6) is 0 Å². The maximum absolute atomic E-state index is 12.8. The highest BCUT2D eigenvalue weighted by Gasteiger charge is 2.42. The van der Waals surface area contributed by atoms with Crippen LogP contribution in [-0.2, 0) is 19.1 Å². The van der Waals surface area contributed by atoms with Gasteiger partial charge in [-0.25, -0.2) is 4.79 Å². The van der Waals surface area contributed by atoms with E-state index in [0.717, 1.165) is 12.8 Å². The molecule has 0 aromatic heterocycles. The number of likely N-dealkylation sites (tertiary alicyclic amines) is 1. The predicted molar refractivity (Wildman–Crippen MR) is 94.6 cm³/mol. The third-order valence-electron chi connectivity index (χ3n) is 5.88. The van der Waals surface area contributed by atoms with Crippen molar-refractivity contribution in [3.63, 3.8) is 0 Å². The Morgan fingerprint density at radius 3 is 2.48 bits per heavy atom. The van der Waals surface area contributed by atoms with Crippen molar-refractivity contribution < 1.29 is 19.1 Å². The minimum atomic E-state index is -0.663. The summed E-state index contributed by atoms with van der Waals surface area (Å²) < 4.78 is 4.79. The van der Waals surface area contributed by atoms with Crippen LogP contribution >= 0.6 is 0 Å². The fourth-order valence-corrected chi connectivity index (χ4v) is 4.35. The lowest BCUT2D eigenvalue weighted by molar-refractivity contribution is -0.152. The molecule has 0 radical (unpaired) electrons. The fraction of sp³-hybridized carbons (Fsp3) is 0.842. The van der Waals surface area contributed by atoms with Crippen LogP contribution in [0.4, 0.5) is 0 Å². The van der Waals surface area contributed by atoms with Crippen molar-refractivity contribution in [3.8, 4) is 0 Å². The van der Waals surface area contributed by atoms with Crippen molar-refractivity contribution in [2.75, 3.05) is 7.11 Å². The van der Waals surface area contributed by atoms with E-state index in [4.69, 9.17) is 4.74 Å². The van der Waals surface area contributed by atoms with Gasteiger partial charge in [0.1, 0.15) is 12.1 Å². The number of nitrogens with zero attached hydrogens (tertiary/aromatic N) is 1. The Balaban J connectivity index is 2.07. The average Bonchev–Trinajstić information content (AvgIpc) is 2.94. The van der Waals surface area contributed by atoms with Crippen LogP contribution in [-0.4, -0.2) is 47.9 Å². The van der Waals surface area contributed by atoms with E-state index >= 15 is 0 Å². The normalized spacial score (nSPS) is 31.1. The number of methoxy groups -OCH3 is 1. The summed E-state index contributed by atoms with van der Waals surface area (Å²) in [7, 11) is 1.31. The van der Waals surface area contributed by atoms with Gasteiger partial charge in [-0.3, -0.25) is 9.59 Å². The van der Waals surface area contributed by atoms with Gasteiger partial charge in [-0.15, -0.1) is 0 Å². The number of amides is 2. The zero-order valence-corrected chi connectivity index (χ0v) is 16.1. The summed E-state index contributed by atoms with van der Waals surface area (Å²) >= 11 is 0. The summed E-state index contributed by atoms with van der Waals surface area (Å²) in [5.41, 5.74) is 0. The second-order valence-corrected chi connectivity index (χ2v) is 8.00. The van der Waals surface area contributed by atoms with Crippen molar-refractivity contribution in [1.29, 1.82) is 0 Å². The van der Waals surface area contributed by atoms with Gasteiger partial charge in [0.25, 0.3) is 0 Å². The second kappa shape index (κ2) is 8.19. The Hall–Kier alpha value is -1.59. The topological polar surface area (TPSA) is 75.7 Å². The molecule has 2 amide bonds. The molecule has 1 saturated heterocycles. The van der Waals surface area contributed by atoms with E-state index in [9.17, 15) is 14.4 Å². The summed E-state index contributed by atoms with van der Waals surface area (Å²) in [5.74, 6) is 0.774. The molecule has 0 unspecified atom stereocenters. The van der Waals surface area contributed by atoms with Gasteiger partial charge in [0.2, 0.25) is 11.8 Å². The van der Waals surface area contributed by atoms with Gasteiger partial charge in [-0.1, -0.05) is 27.2 Å². The van der Waals surface area contributed by atoms with Crippen molar-refractivity contribution >= 4 is 17.8 Å². The molecule has 0 spiro atoms. The van der Waals surface area contributed by atoms with Crippen LogP contribution in [0.15, 0.2) is 0 Å². The van der Waals surface area contributed by atoms with Crippen molar-refractivity contribution in [1.82, 2.24) is 10.2 Å². The molecule has 1 aliphatic carbocycles. The highest BCUT2D eigenvalue weighted by molar-refractivity contribution is 5.93. The van der Waals surface area contributed by atoms with Crippen LogP contribution in [0.2, 0.25) is 0 Å². The van der Waals surface area contributed by atoms with E-state index < -0.39 is 18.1 Å². The molecule has 2 rings (SSSR count). The average molecular weight is 352 g/mol. The molecule has 0 aromatic carbocycles. The second-order valence-electron chi connectivity index (χ2n) is 8.00. The van der Waals surface area contributed by atoms with Gasteiger partial charge in [0.15, 0.2) is 0 Å². The number of esters is 1. The van der Waals surface area contributed by atoms with Crippen LogP contribution < -0.4 is 5.32 Å². The number of ether oxygens (including phenoxy) is 1. The van der Waals surface area contributed by atoms with Gasteiger partial charge in [-0.2, -0.15) is 0 Å². The first kappa shape index (κ1) is 19.7.